The zero-order valence-corrected chi connectivity index (χ0v) is 14.4. The molecule has 1 aromatic carbocycles. The summed E-state index contributed by atoms with van der Waals surface area (Å²) in [5.41, 5.74) is 2.15. The number of aromatic nitrogens is 4. The monoisotopic (exact) mass is 360 g/mol. The Balaban J connectivity index is 1.50. The van der Waals surface area contributed by atoms with Crippen molar-refractivity contribution >= 4 is 16.9 Å². The zero-order chi connectivity index (χ0) is 18.6. The highest BCUT2D eigenvalue weighted by Gasteiger charge is 2.27. The van der Waals surface area contributed by atoms with E-state index in [0.717, 1.165) is 18.4 Å². The first-order valence-electron chi connectivity index (χ1n) is 8.62. The molecule has 0 unspecified atom stereocenters. The average molecular weight is 360 g/mol. The quantitative estimate of drug-likeness (QED) is 0.703. The van der Waals surface area contributed by atoms with Gasteiger partial charge in [0.05, 0.1) is 17.6 Å². The molecular formula is C19H16N6O2. The van der Waals surface area contributed by atoms with Gasteiger partial charge in [-0.3, -0.25) is 14.8 Å². The van der Waals surface area contributed by atoms with Crippen LogP contribution in [-0.4, -0.2) is 49.9 Å². The fourth-order valence-electron chi connectivity index (χ4n) is 3.14. The third-order valence-corrected chi connectivity index (χ3v) is 4.43. The molecular weight excluding hydrogens is 344 g/mol. The maximum absolute atomic E-state index is 12.9. The van der Waals surface area contributed by atoms with E-state index in [1.54, 1.807) is 35.5 Å². The smallest absolute Gasteiger partial charge is 0.254 e. The molecule has 1 aliphatic rings. The lowest BCUT2D eigenvalue weighted by atomic mass is 10.1. The molecule has 134 valence electrons. The van der Waals surface area contributed by atoms with Gasteiger partial charge in [0.2, 0.25) is 5.69 Å². The van der Waals surface area contributed by atoms with E-state index in [2.05, 4.69) is 19.9 Å². The molecule has 0 radical (unpaired) electrons. The molecule has 8 heteroatoms. The normalized spacial score (nSPS) is 16.7. The molecule has 27 heavy (non-hydrogen) atoms. The van der Waals surface area contributed by atoms with Gasteiger partial charge < -0.3 is 9.64 Å². The highest BCUT2D eigenvalue weighted by Crippen LogP contribution is 2.21. The number of nitriles is 1. The molecule has 1 atom stereocenters. The van der Waals surface area contributed by atoms with E-state index in [9.17, 15) is 4.79 Å². The first-order valence-corrected chi connectivity index (χ1v) is 8.62. The number of piperidine rings is 1. The minimum Gasteiger partial charge on any atom is -0.470 e. The lowest BCUT2D eigenvalue weighted by Gasteiger charge is -2.32. The number of benzene rings is 1. The van der Waals surface area contributed by atoms with Crippen LogP contribution in [0.1, 0.15) is 28.9 Å². The summed E-state index contributed by atoms with van der Waals surface area (Å²) in [5, 5.41) is 9.12. The minimum atomic E-state index is -0.230. The second-order valence-corrected chi connectivity index (χ2v) is 6.21. The van der Waals surface area contributed by atoms with Crippen molar-refractivity contribution in [2.75, 3.05) is 13.1 Å². The molecule has 4 rings (SSSR count). The van der Waals surface area contributed by atoms with Crippen LogP contribution in [0.25, 0.3) is 11.0 Å². The van der Waals surface area contributed by atoms with Gasteiger partial charge >= 0.3 is 0 Å². The molecule has 1 fully saturated rings. The van der Waals surface area contributed by atoms with Crippen LogP contribution in [0.5, 0.6) is 5.88 Å². The van der Waals surface area contributed by atoms with Crippen LogP contribution in [-0.2, 0) is 0 Å². The molecule has 2 aromatic heterocycles. The number of fused-ring (bicyclic) bond motifs is 1. The maximum Gasteiger partial charge on any atom is 0.254 e. The summed E-state index contributed by atoms with van der Waals surface area (Å²) < 4.78 is 5.85. The van der Waals surface area contributed by atoms with Gasteiger partial charge in [-0.15, -0.1) is 0 Å². The van der Waals surface area contributed by atoms with Gasteiger partial charge in [0.1, 0.15) is 12.2 Å². The average Bonchev–Trinajstić information content (AvgIpc) is 2.73. The van der Waals surface area contributed by atoms with E-state index < -0.39 is 0 Å². The highest BCUT2D eigenvalue weighted by atomic mass is 16.5. The predicted octanol–water partition coefficient (Wildman–Crippen LogP) is 1.98. The van der Waals surface area contributed by atoms with Crippen LogP contribution in [0.3, 0.4) is 0 Å². The minimum absolute atomic E-state index is 0.0736. The number of nitrogens with zero attached hydrogens (tertiary/aromatic N) is 6. The summed E-state index contributed by atoms with van der Waals surface area (Å²) in [6.45, 7) is 1.08. The van der Waals surface area contributed by atoms with Gasteiger partial charge in [-0.1, -0.05) is 0 Å². The van der Waals surface area contributed by atoms with Crippen molar-refractivity contribution in [2.24, 2.45) is 0 Å². The zero-order valence-electron chi connectivity index (χ0n) is 14.4. The number of likely N-dealkylation sites (tertiary alicyclic amines) is 1. The first kappa shape index (κ1) is 16.8. The summed E-state index contributed by atoms with van der Waals surface area (Å²) in [6.07, 6.45) is 7.53. The van der Waals surface area contributed by atoms with Crippen molar-refractivity contribution in [3.05, 3.63) is 54.2 Å². The Labute approximate surface area is 155 Å². The Morgan fingerprint density at radius 2 is 1.89 bits per heavy atom. The molecule has 0 N–H and O–H groups in total. The van der Waals surface area contributed by atoms with Crippen molar-refractivity contribution in [1.29, 1.82) is 5.26 Å². The van der Waals surface area contributed by atoms with Crippen LogP contribution in [0.2, 0.25) is 0 Å². The summed E-state index contributed by atoms with van der Waals surface area (Å²) in [5.74, 6) is 0.135. The van der Waals surface area contributed by atoms with Crippen LogP contribution in [0, 0.1) is 11.3 Å². The van der Waals surface area contributed by atoms with E-state index >= 15 is 0 Å². The van der Waals surface area contributed by atoms with Crippen LogP contribution in [0.15, 0.2) is 43.0 Å². The summed E-state index contributed by atoms with van der Waals surface area (Å²) in [6, 6.07) is 7.29. The van der Waals surface area contributed by atoms with Crippen molar-refractivity contribution in [2.45, 2.75) is 18.9 Å². The van der Waals surface area contributed by atoms with Gasteiger partial charge in [0, 0.05) is 36.9 Å². The van der Waals surface area contributed by atoms with Crippen LogP contribution < -0.4 is 4.74 Å². The van der Waals surface area contributed by atoms with E-state index in [0.29, 0.717) is 24.2 Å². The van der Waals surface area contributed by atoms with E-state index in [1.807, 2.05) is 6.07 Å². The molecule has 1 saturated heterocycles. The number of amides is 1. The Kier molecular flexibility index (Phi) is 4.58. The van der Waals surface area contributed by atoms with Gasteiger partial charge in [-0.25, -0.2) is 9.97 Å². The van der Waals surface area contributed by atoms with Crippen molar-refractivity contribution < 1.29 is 9.53 Å². The van der Waals surface area contributed by atoms with E-state index in [-0.39, 0.29) is 23.6 Å². The number of hydrogen-bond acceptors (Lipinski definition) is 7. The van der Waals surface area contributed by atoms with Gasteiger partial charge in [0.15, 0.2) is 0 Å². The number of carbonyl (C=O) groups is 1. The Morgan fingerprint density at radius 1 is 1.11 bits per heavy atom. The topological polar surface area (TPSA) is 105 Å². The van der Waals surface area contributed by atoms with Crippen molar-refractivity contribution in [3.8, 4) is 11.9 Å². The highest BCUT2D eigenvalue weighted by molar-refractivity contribution is 5.97. The number of ether oxygens (including phenoxy) is 1. The molecule has 3 heterocycles. The van der Waals surface area contributed by atoms with Crippen molar-refractivity contribution in [1.82, 2.24) is 24.8 Å². The third kappa shape index (κ3) is 3.53. The molecule has 1 aliphatic heterocycles. The Hall–Kier alpha value is -3.60. The fourth-order valence-corrected chi connectivity index (χ4v) is 3.14. The van der Waals surface area contributed by atoms with E-state index in [4.69, 9.17) is 10.00 Å². The molecule has 0 bridgehead atoms. The lowest BCUT2D eigenvalue weighted by molar-refractivity contribution is 0.0526. The van der Waals surface area contributed by atoms with Gasteiger partial charge in [-0.05, 0) is 31.0 Å². The second-order valence-electron chi connectivity index (χ2n) is 6.21. The number of rotatable bonds is 3. The molecule has 0 saturated carbocycles. The summed E-state index contributed by atoms with van der Waals surface area (Å²) in [4.78, 5) is 31.2. The summed E-state index contributed by atoms with van der Waals surface area (Å²) >= 11 is 0. The maximum atomic E-state index is 12.9. The number of hydrogen-bond donors (Lipinski definition) is 0. The fraction of sp³-hybridized carbons (Fsp3) is 0.263. The third-order valence-electron chi connectivity index (χ3n) is 4.43. The SMILES string of the molecule is N#Cc1nccnc1O[C@H]1CCCN(C(=O)c2ccc3nccnc3c2)C1. The first-order chi connectivity index (χ1) is 13.2. The van der Waals surface area contributed by atoms with Crippen molar-refractivity contribution in [3.63, 3.8) is 0 Å². The number of carbonyl (C=O) groups excluding carboxylic acids is 1. The Bertz CT molecular complexity index is 1030. The molecule has 1 amide bonds. The predicted molar refractivity (Wildman–Crippen MR) is 95.8 cm³/mol. The summed E-state index contributed by atoms with van der Waals surface area (Å²) in [7, 11) is 0. The van der Waals surface area contributed by atoms with Gasteiger partial charge in [-0.2, -0.15) is 5.26 Å². The lowest BCUT2D eigenvalue weighted by Crippen LogP contribution is -2.44. The standard InChI is InChI=1S/C19H16N6O2/c20-11-17-18(24-8-7-23-17)27-14-2-1-9-25(12-14)19(26)13-3-4-15-16(10-13)22-6-5-21-15/h3-8,10,14H,1-2,9,12H2/t14-/m0/s1. The Morgan fingerprint density at radius 3 is 2.74 bits per heavy atom. The van der Waals surface area contributed by atoms with Crippen LogP contribution >= 0.6 is 0 Å². The second kappa shape index (κ2) is 7.33. The van der Waals surface area contributed by atoms with E-state index in [1.165, 1.54) is 12.4 Å². The molecule has 0 aliphatic carbocycles. The van der Waals surface area contributed by atoms with Crippen LogP contribution in [0.4, 0.5) is 0 Å². The molecule has 0 spiro atoms. The van der Waals surface area contributed by atoms with Gasteiger partial charge in [0.25, 0.3) is 11.8 Å². The molecule has 8 nitrogen and oxygen atoms in total. The molecule has 3 aromatic rings. The largest absolute Gasteiger partial charge is 0.470 e.